The summed E-state index contributed by atoms with van der Waals surface area (Å²) in [6.45, 7) is 2.20. The fourth-order valence-corrected chi connectivity index (χ4v) is 2.62. The molecule has 1 heterocycles. The normalized spacial score (nSPS) is 10.6. The van der Waals surface area contributed by atoms with Crippen LogP contribution in [0, 0.1) is 18.8 Å². The van der Waals surface area contributed by atoms with Crippen LogP contribution < -0.4 is 0 Å². The van der Waals surface area contributed by atoms with E-state index < -0.39 is 0 Å². The molecule has 106 valence electrons. The van der Waals surface area contributed by atoms with Crippen LogP contribution >= 0.6 is 11.6 Å². The summed E-state index contributed by atoms with van der Waals surface area (Å²) < 4.78 is 2.21. The second-order valence-electron chi connectivity index (χ2n) is 4.97. The lowest BCUT2D eigenvalue weighted by atomic mass is 10.1. The van der Waals surface area contributed by atoms with Gasteiger partial charge in [0.25, 0.3) is 0 Å². The van der Waals surface area contributed by atoms with Gasteiger partial charge in [0, 0.05) is 35.9 Å². The summed E-state index contributed by atoms with van der Waals surface area (Å²) in [7, 11) is 2.08. The minimum Gasteiger partial charge on any atom is -0.395 e. The molecule has 0 saturated heterocycles. The van der Waals surface area contributed by atoms with E-state index in [1.54, 1.807) is 0 Å². The van der Waals surface area contributed by atoms with Crippen molar-refractivity contribution < 1.29 is 5.11 Å². The summed E-state index contributed by atoms with van der Waals surface area (Å²) in [5.74, 6) is 6.94. The molecule has 0 bridgehead atoms. The third kappa shape index (κ3) is 3.00. The first kappa shape index (κ1) is 15.0. The molecule has 0 saturated carbocycles. The number of aliphatic hydroxyl groups excluding tert-OH is 1. The van der Waals surface area contributed by atoms with Gasteiger partial charge < -0.3 is 9.67 Å². The maximum absolute atomic E-state index is 8.89. The zero-order chi connectivity index (χ0) is 14.5. The van der Waals surface area contributed by atoms with Crippen LogP contribution in [0.15, 0.2) is 18.2 Å². The first-order chi connectivity index (χ1) is 9.69. The van der Waals surface area contributed by atoms with Gasteiger partial charge in [-0.05, 0) is 31.9 Å². The van der Waals surface area contributed by atoms with Crippen molar-refractivity contribution in [2.24, 2.45) is 7.05 Å². The molecular weight excluding hydrogens is 270 g/mol. The average Bonchev–Trinajstić information content (AvgIpc) is 2.69. The highest BCUT2D eigenvalue weighted by molar-refractivity contribution is 6.17. The molecular formula is C17H20ClNO. The molecule has 2 nitrogen and oxygen atoms in total. The van der Waals surface area contributed by atoms with Crippen LogP contribution in [-0.4, -0.2) is 22.2 Å². The first-order valence-electron chi connectivity index (χ1n) is 6.92. The van der Waals surface area contributed by atoms with E-state index >= 15 is 0 Å². The molecule has 3 heteroatoms. The van der Waals surface area contributed by atoms with Crippen LogP contribution in [0.1, 0.15) is 29.7 Å². The van der Waals surface area contributed by atoms with Gasteiger partial charge in [0.05, 0.1) is 12.2 Å². The first-order valence-corrected chi connectivity index (χ1v) is 7.46. The number of alkyl halides is 1. The van der Waals surface area contributed by atoms with Crippen LogP contribution in [0.25, 0.3) is 10.9 Å². The molecule has 1 aromatic heterocycles. The summed E-state index contributed by atoms with van der Waals surface area (Å²) in [4.78, 5) is 0. The van der Waals surface area contributed by atoms with Crippen molar-refractivity contribution in [3.05, 3.63) is 35.0 Å². The standard InChI is InChI=1S/C17H20ClNO/c1-13-8-9-17-15(12-13)14(6-3-4-11-20)16(19(17)2)7-5-10-18/h8-9,12,20H,4-5,7,10-11H2,1-2H3. The van der Waals surface area contributed by atoms with Gasteiger partial charge in [-0.15, -0.1) is 11.6 Å². The van der Waals surface area contributed by atoms with E-state index in [0.717, 1.165) is 18.4 Å². The Bertz CT molecular complexity index is 661. The van der Waals surface area contributed by atoms with E-state index in [9.17, 15) is 0 Å². The third-order valence-corrected chi connectivity index (χ3v) is 3.74. The highest BCUT2D eigenvalue weighted by Gasteiger charge is 2.13. The van der Waals surface area contributed by atoms with Crippen LogP contribution in [0.3, 0.4) is 0 Å². The highest BCUT2D eigenvalue weighted by Crippen LogP contribution is 2.26. The zero-order valence-corrected chi connectivity index (χ0v) is 12.8. The molecule has 0 amide bonds. The number of aryl methyl sites for hydroxylation is 2. The van der Waals surface area contributed by atoms with Gasteiger partial charge in [-0.1, -0.05) is 23.5 Å². The Morgan fingerprint density at radius 1 is 1.35 bits per heavy atom. The van der Waals surface area contributed by atoms with Gasteiger partial charge in [0.1, 0.15) is 0 Å². The number of hydrogen-bond acceptors (Lipinski definition) is 1. The molecule has 0 atom stereocenters. The van der Waals surface area contributed by atoms with Gasteiger partial charge in [-0.25, -0.2) is 0 Å². The molecule has 2 aromatic rings. The predicted octanol–water partition coefficient (Wildman–Crippen LogP) is 3.39. The number of aliphatic hydroxyl groups is 1. The van der Waals surface area contributed by atoms with Crippen molar-refractivity contribution in [1.29, 1.82) is 0 Å². The van der Waals surface area contributed by atoms with E-state index in [1.165, 1.54) is 22.2 Å². The van der Waals surface area contributed by atoms with Crippen molar-refractivity contribution in [2.45, 2.75) is 26.2 Å². The molecule has 0 fully saturated rings. The van der Waals surface area contributed by atoms with Crippen LogP contribution in [0.4, 0.5) is 0 Å². The smallest absolute Gasteiger partial charge is 0.0540 e. The lowest BCUT2D eigenvalue weighted by Crippen LogP contribution is -1.98. The summed E-state index contributed by atoms with van der Waals surface area (Å²) >= 11 is 5.83. The predicted molar refractivity (Wildman–Crippen MR) is 85.3 cm³/mol. The van der Waals surface area contributed by atoms with E-state index in [2.05, 4.69) is 48.6 Å². The van der Waals surface area contributed by atoms with Gasteiger partial charge in [-0.2, -0.15) is 0 Å². The molecule has 0 aliphatic rings. The number of fused-ring (bicyclic) bond motifs is 1. The summed E-state index contributed by atoms with van der Waals surface area (Å²) in [5, 5.41) is 10.1. The summed E-state index contributed by atoms with van der Waals surface area (Å²) in [5.41, 5.74) is 4.76. The molecule has 0 unspecified atom stereocenters. The van der Waals surface area contributed by atoms with Crippen LogP contribution in [0.2, 0.25) is 0 Å². The lowest BCUT2D eigenvalue weighted by molar-refractivity contribution is 0.305. The summed E-state index contributed by atoms with van der Waals surface area (Å²) in [6, 6.07) is 6.45. The monoisotopic (exact) mass is 289 g/mol. The third-order valence-electron chi connectivity index (χ3n) is 3.47. The molecule has 20 heavy (non-hydrogen) atoms. The quantitative estimate of drug-likeness (QED) is 0.677. The molecule has 2 rings (SSSR count). The Labute approximate surface area is 125 Å². The van der Waals surface area contributed by atoms with Gasteiger partial charge in [0.15, 0.2) is 0 Å². The highest BCUT2D eigenvalue weighted by atomic mass is 35.5. The minimum absolute atomic E-state index is 0.105. The minimum atomic E-state index is 0.105. The van der Waals surface area contributed by atoms with Crippen molar-refractivity contribution >= 4 is 22.5 Å². The van der Waals surface area contributed by atoms with Crippen molar-refractivity contribution in [3.63, 3.8) is 0 Å². The van der Waals surface area contributed by atoms with Crippen molar-refractivity contribution in [1.82, 2.24) is 4.57 Å². The Hall–Kier alpha value is -1.43. The zero-order valence-electron chi connectivity index (χ0n) is 12.0. The van der Waals surface area contributed by atoms with Crippen molar-refractivity contribution in [2.75, 3.05) is 12.5 Å². The van der Waals surface area contributed by atoms with E-state index in [0.29, 0.717) is 12.3 Å². The molecule has 1 N–H and O–H groups in total. The molecule has 0 spiro atoms. The number of hydrogen-bond donors (Lipinski definition) is 1. The topological polar surface area (TPSA) is 25.2 Å². The van der Waals surface area contributed by atoms with E-state index in [1.807, 2.05) is 0 Å². The van der Waals surface area contributed by atoms with Gasteiger partial charge in [-0.3, -0.25) is 0 Å². The maximum atomic E-state index is 8.89. The van der Waals surface area contributed by atoms with E-state index in [-0.39, 0.29) is 6.61 Å². The molecule has 0 radical (unpaired) electrons. The largest absolute Gasteiger partial charge is 0.395 e. The van der Waals surface area contributed by atoms with Crippen molar-refractivity contribution in [3.8, 4) is 11.8 Å². The Balaban J connectivity index is 2.59. The lowest BCUT2D eigenvalue weighted by Gasteiger charge is -2.03. The summed E-state index contributed by atoms with van der Waals surface area (Å²) in [6.07, 6.45) is 2.38. The number of nitrogens with zero attached hydrogens (tertiary/aromatic N) is 1. The number of halogens is 1. The fraction of sp³-hybridized carbons (Fsp3) is 0.412. The molecule has 0 aliphatic heterocycles. The maximum Gasteiger partial charge on any atom is 0.0540 e. The van der Waals surface area contributed by atoms with Crippen LogP contribution in [-0.2, 0) is 13.5 Å². The van der Waals surface area contributed by atoms with Gasteiger partial charge >= 0.3 is 0 Å². The fourth-order valence-electron chi connectivity index (χ4n) is 2.48. The second kappa shape index (κ2) is 6.83. The molecule has 1 aromatic carbocycles. The number of rotatable bonds is 4. The van der Waals surface area contributed by atoms with E-state index in [4.69, 9.17) is 16.7 Å². The number of benzene rings is 1. The number of aromatic nitrogens is 1. The Morgan fingerprint density at radius 3 is 2.85 bits per heavy atom. The average molecular weight is 290 g/mol. The molecule has 0 aliphatic carbocycles. The second-order valence-corrected chi connectivity index (χ2v) is 5.35. The Kier molecular flexibility index (Phi) is 5.11. The van der Waals surface area contributed by atoms with Crippen LogP contribution in [0.5, 0.6) is 0 Å². The SMILES string of the molecule is Cc1ccc2c(c1)c(C#CCCO)c(CCCCl)n2C. The van der Waals surface area contributed by atoms with Gasteiger partial charge in [0.2, 0.25) is 0 Å². The Morgan fingerprint density at radius 2 is 2.15 bits per heavy atom.